The van der Waals surface area contributed by atoms with Gasteiger partial charge in [-0.05, 0) is 77.7 Å². The molecule has 0 aliphatic heterocycles. The number of rotatable bonds is 11. The first-order valence-corrected chi connectivity index (χ1v) is 13.4. The summed E-state index contributed by atoms with van der Waals surface area (Å²) in [6.45, 7) is 4.18. The van der Waals surface area contributed by atoms with Crippen LogP contribution in [-0.2, 0) is 20.9 Å². The Hall–Kier alpha value is -5.18. The van der Waals surface area contributed by atoms with E-state index in [0.29, 0.717) is 28.4 Å². The maximum atomic E-state index is 13.9. The zero-order valence-corrected chi connectivity index (χ0v) is 23.5. The van der Waals surface area contributed by atoms with E-state index in [1.54, 1.807) is 55.6 Å². The molecule has 0 saturated carbocycles. The first-order chi connectivity index (χ1) is 20.2. The number of ether oxygens (including phenoxy) is 1. The number of hydrogen-bond acceptors (Lipinski definition) is 5. The summed E-state index contributed by atoms with van der Waals surface area (Å²) < 4.78 is 24.3. The molecule has 8 nitrogen and oxygen atoms in total. The van der Waals surface area contributed by atoms with Crippen molar-refractivity contribution in [2.24, 2.45) is 0 Å². The van der Waals surface area contributed by atoms with Gasteiger partial charge in [-0.2, -0.15) is 0 Å². The van der Waals surface area contributed by atoms with Crippen LogP contribution >= 0.6 is 0 Å². The van der Waals surface area contributed by atoms with E-state index in [0.717, 1.165) is 17.7 Å². The van der Waals surface area contributed by atoms with Crippen LogP contribution < -0.4 is 20.3 Å². The standard InChI is InChI=1S/C33H32FN3O5/c1-22(2)23-8-14-27(15-9-23)37(31(39)19-18-30(38)36-26-12-16-28(41-3)17-13-26)32(24-6-10-25(34)11-7-24)33(40)35-21-29-5-4-20-42-29/h4-20,22,32H,21H2,1-3H3,(H,35,40)(H,36,38). The number of furan rings is 1. The van der Waals surface area contributed by atoms with Gasteiger partial charge in [-0.1, -0.05) is 38.1 Å². The molecule has 0 spiro atoms. The van der Waals surface area contributed by atoms with Crippen molar-refractivity contribution in [2.45, 2.75) is 32.4 Å². The van der Waals surface area contributed by atoms with Gasteiger partial charge in [0.2, 0.25) is 11.8 Å². The molecule has 3 aromatic carbocycles. The number of benzene rings is 3. The van der Waals surface area contributed by atoms with Crippen molar-refractivity contribution in [1.82, 2.24) is 5.32 Å². The first kappa shape index (κ1) is 29.8. The van der Waals surface area contributed by atoms with Gasteiger partial charge in [0.05, 0.1) is 19.9 Å². The summed E-state index contributed by atoms with van der Waals surface area (Å²) in [5.74, 6) is -0.762. The number of carbonyl (C=O) groups excluding carboxylic acids is 3. The van der Waals surface area contributed by atoms with Crippen LogP contribution in [0.5, 0.6) is 5.75 Å². The number of amides is 3. The van der Waals surface area contributed by atoms with Gasteiger partial charge >= 0.3 is 0 Å². The Morgan fingerprint density at radius 2 is 1.57 bits per heavy atom. The molecule has 9 heteroatoms. The molecule has 1 atom stereocenters. The summed E-state index contributed by atoms with van der Waals surface area (Å²) in [6, 6.07) is 21.6. The number of hydrogen-bond donors (Lipinski definition) is 2. The van der Waals surface area contributed by atoms with E-state index in [1.807, 2.05) is 26.0 Å². The van der Waals surface area contributed by atoms with Crippen LogP contribution in [0.2, 0.25) is 0 Å². The van der Waals surface area contributed by atoms with Gasteiger partial charge in [-0.3, -0.25) is 19.3 Å². The van der Waals surface area contributed by atoms with Crippen LogP contribution in [0.4, 0.5) is 15.8 Å². The van der Waals surface area contributed by atoms with E-state index in [-0.39, 0.29) is 12.5 Å². The molecule has 1 unspecified atom stereocenters. The van der Waals surface area contributed by atoms with Gasteiger partial charge < -0.3 is 19.8 Å². The summed E-state index contributed by atoms with van der Waals surface area (Å²) in [6.07, 6.45) is 3.70. The summed E-state index contributed by atoms with van der Waals surface area (Å²) in [4.78, 5) is 41.4. The number of carbonyl (C=O) groups is 3. The third-order valence-corrected chi connectivity index (χ3v) is 6.52. The molecule has 0 aliphatic carbocycles. The minimum Gasteiger partial charge on any atom is -0.497 e. The largest absolute Gasteiger partial charge is 0.497 e. The van der Waals surface area contributed by atoms with Crippen LogP contribution in [0.25, 0.3) is 0 Å². The molecule has 216 valence electrons. The predicted molar refractivity (Wildman–Crippen MR) is 158 cm³/mol. The summed E-state index contributed by atoms with van der Waals surface area (Å²) in [7, 11) is 1.54. The zero-order valence-electron chi connectivity index (χ0n) is 23.5. The second-order valence-corrected chi connectivity index (χ2v) is 9.76. The molecule has 0 radical (unpaired) electrons. The highest BCUT2D eigenvalue weighted by molar-refractivity contribution is 6.10. The fourth-order valence-electron chi connectivity index (χ4n) is 4.26. The summed E-state index contributed by atoms with van der Waals surface area (Å²) >= 11 is 0. The van der Waals surface area contributed by atoms with Crippen molar-refractivity contribution in [1.29, 1.82) is 0 Å². The van der Waals surface area contributed by atoms with Gasteiger partial charge in [0, 0.05) is 23.5 Å². The van der Waals surface area contributed by atoms with Gasteiger partial charge in [-0.25, -0.2) is 4.39 Å². The third kappa shape index (κ3) is 7.72. The molecule has 2 N–H and O–H groups in total. The lowest BCUT2D eigenvalue weighted by molar-refractivity contribution is -0.125. The Morgan fingerprint density at radius 3 is 2.17 bits per heavy atom. The molecule has 1 aromatic heterocycles. The highest BCUT2D eigenvalue weighted by Crippen LogP contribution is 2.30. The predicted octanol–water partition coefficient (Wildman–Crippen LogP) is 6.14. The maximum Gasteiger partial charge on any atom is 0.252 e. The number of anilines is 2. The minimum atomic E-state index is -1.19. The summed E-state index contributed by atoms with van der Waals surface area (Å²) in [5.41, 5.74) is 2.36. The molecular weight excluding hydrogens is 537 g/mol. The lowest BCUT2D eigenvalue weighted by Gasteiger charge is -2.31. The molecule has 0 fully saturated rings. The topological polar surface area (TPSA) is 101 Å². The third-order valence-electron chi connectivity index (χ3n) is 6.52. The van der Waals surface area contributed by atoms with Crippen molar-refractivity contribution in [2.75, 3.05) is 17.3 Å². The molecule has 1 heterocycles. The van der Waals surface area contributed by atoms with Crippen LogP contribution in [0, 0.1) is 5.82 Å². The van der Waals surface area contributed by atoms with Crippen molar-refractivity contribution >= 4 is 29.1 Å². The smallest absolute Gasteiger partial charge is 0.252 e. The molecule has 0 aliphatic rings. The Labute approximate surface area is 243 Å². The number of nitrogens with one attached hydrogen (secondary N) is 2. The first-order valence-electron chi connectivity index (χ1n) is 13.4. The molecule has 42 heavy (non-hydrogen) atoms. The van der Waals surface area contributed by atoms with Crippen molar-refractivity contribution < 1.29 is 27.9 Å². The Bertz CT molecular complexity index is 1510. The van der Waals surface area contributed by atoms with E-state index in [1.165, 1.54) is 35.4 Å². The average molecular weight is 570 g/mol. The maximum absolute atomic E-state index is 13.9. The highest BCUT2D eigenvalue weighted by atomic mass is 19.1. The van der Waals surface area contributed by atoms with E-state index >= 15 is 0 Å². The van der Waals surface area contributed by atoms with Gasteiger partial charge in [0.15, 0.2) is 0 Å². The van der Waals surface area contributed by atoms with Crippen LogP contribution in [0.15, 0.2) is 108 Å². The number of methoxy groups -OCH3 is 1. The van der Waals surface area contributed by atoms with E-state index < -0.39 is 29.6 Å². The Kier molecular flexibility index (Phi) is 9.89. The second-order valence-electron chi connectivity index (χ2n) is 9.76. The second kappa shape index (κ2) is 13.9. The van der Waals surface area contributed by atoms with Crippen molar-refractivity contribution in [3.63, 3.8) is 0 Å². The van der Waals surface area contributed by atoms with Crippen LogP contribution in [-0.4, -0.2) is 24.8 Å². The fourth-order valence-corrected chi connectivity index (χ4v) is 4.26. The zero-order chi connectivity index (χ0) is 30.1. The number of nitrogens with zero attached hydrogens (tertiary/aromatic N) is 1. The lowest BCUT2D eigenvalue weighted by Crippen LogP contribution is -2.43. The van der Waals surface area contributed by atoms with Gasteiger partial charge in [-0.15, -0.1) is 0 Å². The SMILES string of the molecule is COc1ccc(NC(=O)C=CC(=O)N(c2ccc(C(C)C)cc2)C(C(=O)NCc2ccco2)c2ccc(F)cc2)cc1. The van der Waals surface area contributed by atoms with Crippen LogP contribution in [0.3, 0.4) is 0 Å². The molecule has 3 amide bonds. The fraction of sp³-hybridized carbons (Fsp3) is 0.182. The van der Waals surface area contributed by atoms with Crippen LogP contribution in [0.1, 0.15) is 42.7 Å². The highest BCUT2D eigenvalue weighted by Gasteiger charge is 2.32. The normalized spacial score (nSPS) is 11.7. The molecule has 0 saturated heterocycles. The minimum absolute atomic E-state index is 0.0813. The molecule has 4 aromatic rings. The quantitative estimate of drug-likeness (QED) is 0.212. The molecule has 4 rings (SSSR count). The number of halogens is 1. The van der Waals surface area contributed by atoms with E-state index in [4.69, 9.17) is 9.15 Å². The van der Waals surface area contributed by atoms with Crippen molar-refractivity contribution in [3.05, 3.63) is 126 Å². The monoisotopic (exact) mass is 569 g/mol. The molecule has 0 bridgehead atoms. The van der Waals surface area contributed by atoms with E-state index in [9.17, 15) is 18.8 Å². The molecular formula is C33H32FN3O5. The van der Waals surface area contributed by atoms with Gasteiger partial charge in [0.1, 0.15) is 23.4 Å². The van der Waals surface area contributed by atoms with E-state index in [2.05, 4.69) is 10.6 Å². The Morgan fingerprint density at radius 1 is 0.905 bits per heavy atom. The van der Waals surface area contributed by atoms with Crippen molar-refractivity contribution in [3.8, 4) is 5.75 Å². The average Bonchev–Trinajstić information content (AvgIpc) is 3.52. The lowest BCUT2D eigenvalue weighted by atomic mass is 10.0. The Balaban J connectivity index is 1.67. The summed E-state index contributed by atoms with van der Waals surface area (Å²) in [5, 5.41) is 5.50. The van der Waals surface area contributed by atoms with Gasteiger partial charge in [0.25, 0.3) is 5.91 Å².